The standard InChI is InChI=1S/C30H38ClNO3S/c1-5-23(25-8-9-26(31)36-25)32-27(35)14-17(2)20-6-7-21-28-22(11-13-30(20,21)4)29(3)12-10-19(33)15-18(29)16-24(28)34/h8-10,12,15,17,20-23,28H,5-7,11,13-14,16H2,1-4H3,(H,32,35)/t17-,20?,21+,22+,23-,28+,29+,30-/m1/s1. The van der Waals surface area contributed by atoms with Crippen molar-refractivity contribution in [3.8, 4) is 0 Å². The van der Waals surface area contributed by atoms with Crippen molar-refractivity contribution in [1.29, 1.82) is 0 Å². The molecule has 1 unspecified atom stereocenters. The molecule has 4 nitrogen and oxygen atoms in total. The predicted molar refractivity (Wildman–Crippen MR) is 145 cm³/mol. The molecule has 36 heavy (non-hydrogen) atoms. The largest absolute Gasteiger partial charge is 0.348 e. The molecule has 8 atom stereocenters. The first kappa shape index (κ1) is 25.9. The van der Waals surface area contributed by atoms with Crippen molar-refractivity contribution < 1.29 is 14.4 Å². The van der Waals surface area contributed by atoms with E-state index in [2.05, 4.69) is 39.1 Å². The molecular weight excluding hydrogens is 490 g/mol. The summed E-state index contributed by atoms with van der Waals surface area (Å²) >= 11 is 7.65. The number of hydrogen-bond donors (Lipinski definition) is 1. The summed E-state index contributed by atoms with van der Waals surface area (Å²) in [5, 5.41) is 3.24. The van der Waals surface area contributed by atoms with E-state index in [1.165, 1.54) is 11.3 Å². The van der Waals surface area contributed by atoms with E-state index in [1.54, 1.807) is 12.2 Å². The van der Waals surface area contributed by atoms with Crippen LogP contribution in [0.4, 0.5) is 0 Å². The fourth-order valence-corrected chi connectivity index (χ4v) is 9.66. The van der Waals surface area contributed by atoms with Crippen LogP contribution in [0, 0.1) is 40.4 Å². The highest BCUT2D eigenvalue weighted by molar-refractivity contribution is 7.16. The minimum Gasteiger partial charge on any atom is -0.348 e. The number of carbonyl (C=O) groups is 3. The molecule has 3 saturated carbocycles. The number of rotatable bonds is 6. The first-order chi connectivity index (χ1) is 17.1. The van der Waals surface area contributed by atoms with Crippen LogP contribution in [0.5, 0.6) is 0 Å². The number of amides is 1. The van der Waals surface area contributed by atoms with Crippen LogP contribution < -0.4 is 5.32 Å². The summed E-state index contributed by atoms with van der Waals surface area (Å²) in [5.74, 6) is 1.83. The summed E-state index contributed by atoms with van der Waals surface area (Å²) in [6.45, 7) is 8.94. The van der Waals surface area contributed by atoms with Crippen molar-refractivity contribution in [1.82, 2.24) is 5.32 Å². The lowest BCUT2D eigenvalue weighted by atomic mass is 9.47. The second kappa shape index (κ2) is 9.54. The number of halogens is 1. The summed E-state index contributed by atoms with van der Waals surface area (Å²) in [5.41, 5.74) is 0.910. The van der Waals surface area contributed by atoms with Gasteiger partial charge in [-0.25, -0.2) is 0 Å². The highest BCUT2D eigenvalue weighted by atomic mass is 35.5. The maximum absolute atomic E-state index is 13.5. The predicted octanol–water partition coefficient (Wildman–Crippen LogP) is 7.10. The van der Waals surface area contributed by atoms with E-state index in [9.17, 15) is 14.4 Å². The number of hydrogen-bond acceptors (Lipinski definition) is 4. The van der Waals surface area contributed by atoms with Gasteiger partial charge >= 0.3 is 0 Å². The first-order valence-corrected chi connectivity index (χ1v) is 14.8. The Labute approximate surface area is 223 Å². The summed E-state index contributed by atoms with van der Waals surface area (Å²) in [6.07, 6.45) is 11.5. The van der Waals surface area contributed by atoms with Gasteiger partial charge in [0.25, 0.3) is 0 Å². The first-order valence-electron chi connectivity index (χ1n) is 13.6. The Balaban J connectivity index is 1.29. The molecule has 0 saturated heterocycles. The average molecular weight is 528 g/mol. The Morgan fingerprint density at radius 3 is 2.67 bits per heavy atom. The molecule has 3 fully saturated rings. The van der Waals surface area contributed by atoms with Crippen molar-refractivity contribution in [3.05, 3.63) is 45.1 Å². The fraction of sp³-hybridized carbons (Fsp3) is 0.633. The van der Waals surface area contributed by atoms with E-state index in [4.69, 9.17) is 11.6 Å². The van der Waals surface area contributed by atoms with Gasteiger partial charge in [0.2, 0.25) is 5.91 Å². The summed E-state index contributed by atoms with van der Waals surface area (Å²) < 4.78 is 0.746. The van der Waals surface area contributed by atoms with Crippen LogP contribution in [-0.2, 0) is 14.4 Å². The topological polar surface area (TPSA) is 63.2 Å². The van der Waals surface area contributed by atoms with Gasteiger partial charge < -0.3 is 5.32 Å². The van der Waals surface area contributed by atoms with Crippen molar-refractivity contribution in [2.75, 3.05) is 0 Å². The quantitative estimate of drug-likeness (QED) is 0.429. The van der Waals surface area contributed by atoms with Gasteiger partial charge in [-0.3, -0.25) is 14.4 Å². The molecule has 0 aliphatic heterocycles. The Morgan fingerprint density at radius 2 is 1.97 bits per heavy atom. The van der Waals surface area contributed by atoms with Crippen LogP contribution >= 0.6 is 22.9 Å². The third-order valence-electron chi connectivity index (χ3n) is 10.3. The highest BCUT2D eigenvalue weighted by Gasteiger charge is 2.61. The minimum atomic E-state index is -0.183. The molecule has 1 aromatic rings. The zero-order valence-corrected chi connectivity index (χ0v) is 23.4. The maximum Gasteiger partial charge on any atom is 0.220 e. The number of carbonyl (C=O) groups excluding carboxylic acids is 3. The molecule has 1 aromatic heterocycles. The molecule has 6 heteroatoms. The number of Topliss-reactive ketones (excluding diaryl/α,β-unsaturated/α-hetero) is 1. The molecule has 1 amide bonds. The number of allylic oxidation sites excluding steroid dienone is 4. The van der Waals surface area contributed by atoms with Gasteiger partial charge in [0.1, 0.15) is 5.78 Å². The van der Waals surface area contributed by atoms with E-state index in [-0.39, 0.29) is 46.3 Å². The van der Waals surface area contributed by atoms with Crippen molar-refractivity contribution >= 4 is 40.4 Å². The molecule has 1 N–H and O–H groups in total. The molecule has 194 valence electrons. The summed E-state index contributed by atoms with van der Waals surface area (Å²) in [4.78, 5) is 39.7. The smallest absolute Gasteiger partial charge is 0.220 e. The van der Waals surface area contributed by atoms with Gasteiger partial charge in [-0.05, 0) is 91.0 Å². The van der Waals surface area contributed by atoms with E-state index >= 15 is 0 Å². The molecule has 4 aliphatic rings. The van der Waals surface area contributed by atoms with Crippen LogP contribution in [-0.4, -0.2) is 17.5 Å². The minimum absolute atomic E-state index is 0.00263. The zero-order chi connectivity index (χ0) is 25.8. The summed E-state index contributed by atoms with van der Waals surface area (Å²) in [7, 11) is 0. The lowest BCUT2D eigenvalue weighted by Gasteiger charge is -2.56. The van der Waals surface area contributed by atoms with Crippen LogP contribution in [0.25, 0.3) is 0 Å². The Morgan fingerprint density at radius 1 is 1.19 bits per heavy atom. The molecular formula is C30H38ClNO3S. The Bertz CT molecular complexity index is 1140. The Hall–Kier alpha value is -1.72. The number of ketones is 2. The summed E-state index contributed by atoms with van der Waals surface area (Å²) in [6, 6.07) is 3.90. The molecule has 0 radical (unpaired) electrons. The lowest BCUT2D eigenvalue weighted by Crippen LogP contribution is -2.53. The maximum atomic E-state index is 13.5. The van der Waals surface area contributed by atoms with Crippen molar-refractivity contribution in [2.45, 2.75) is 78.7 Å². The Kier molecular flexibility index (Phi) is 6.87. The van der Waals surface area contributed by atoms with Gasteiger partial charge in [0.05, 0.1) is 10.4 Å². The van der Waals surface area contributed by atoms with Gasteiger partial charge in [-0.2, -0.15) is 0 Å². The number of thiophene rings is 1. The van der Waals surface area contributed by atoms with Crippen molar-refractivity contribution in [2.24, 2.45) is 40.4 Å². The molecule has 1 heterocycles. The second-order valence-corrected chi connectivity index (χ2v) is 13.9. The van der Waals surface area contributed by atoms with E-state index in [0.717, 1.165) is 46.9 Å². The SMILES string of the molecule is CC[C@@H](NC(=O)C[C@@H](C)C1CC[C@H]2[C@@H]3C(=O)CC4=CC(=O)C=C[C@]4(C)[C@H]3CC[C@]12C)c1ccc(Cl)s1. The van der Waals surface area contributed by atoms with Crippen LogP contribution in [0.15, 0.2) is 35.9 Å². The van der Waals surface area contributed by atoms with E-state index in [0.29, 0.717) is 30.5 Å². The normalized spacial score (nSPS) is 37.0. The van der Waals surface area contributed by atoms with Crippen molar-refractivity contribution in [3.63, 3.8) is 0 Å². The highest BCUT2D eigenvalue weighted by Crippen LogP contribution is 2.66. The second-order valence-electron chi connectivity index (χ2n) is 12.1. The molecule has 4 aliphatic carbocycles. The molecule has 0 spiro atoms. The average Bonchev–Trinajstić information content (AvgIpc) is 3.41. The lowest BCUT2D eigenvalue weighted by molar-refractivity contribution is -0.138. The fourth-order valence-electron chi connectivity index (χ4n) is 8.46. The van der Waals surface area contributed by atoms with E-state index in [1.807, 2.05) is 12.1 Å². The third kappa shape index (κ3) is 4.24. The third-order valence-corrected chi connectivity index (χ3v) is 11.7. The van der Waals surface area contributed by atoms with Gasteiger partial charge in [-0.1, -0.05) is 45.4 Å². The number of nitrogens with one attached hydrogen (secondary N) is 1. The monoisotopic (exact) mass is 527 g/mol. The van der Waals surface area contributed by atoms with Crippen LogP contribution in [0.2, 0.25) is 4.34 Å². The molecule has 5 rings (SSSR count). The van der Waals surface area contributed by atoms with E-state index < -0.39 is 0 Å². The van der Waals surface area contributed by atoms with Crippen LogP contribution in [0.3, 0.4) is 0 Å². The zero-order valence-electron chi connectivity index (χ0n) is 21.8. The van der Waals surface area contributed by atoms with Gasteiger partial charge in [-0.15, -0.1) is 11.3 Å². The van der Waals surface area contributed by atoms with Gasteiger partial charge in [0, 0.05) is 29.1 Å². The molecule has 0 aromatic carbocycles. The van der Waals surface area contributed by atoms with Crippen LogP contribution in [0.1, 0.15) is 83.6 Å². The molecule has 0 bridgehead atoms. The number of fused-ring (bicyclic) bond motifs is 5. The van der Waals surface area contributed by atoms with Gasteiger partial charge in [0.15, 0.2) is 5.78 Å².